The summed E-state index contributed by atoms with van der Waals surface area (Å²) in [4.78, 5) is 38.0. The Labute approximate surface area is 128 Å². The van der Waals surface area contributed by atoms with E-state index in [4.69, 9.17) is 0 Å². The maximum absolute atomic E-state index is 12.3. The van der Waals surface area contributed by atoms with Crippen LogP contribution < -0.4 is 16.6 Å². The molecule has 0 aromatic carbocycles. The van der Waals surface area contributed by atoms with E-state index in [9.17, 15) is 19.5 Å². The second-order valence-corrected chi connectivity index (χ2v) is 5.77. The SMILES string of the molecule is CCCCn1c(O)c(C(=O)NC2CCCCC2)c(=O)[nH]c1=O. The number of nitrogens with one attached hydrogen (secondary N) is 2. The molecule has 122 valence electrons. The summed E-state index contributed by atoms with van der Waals surface area (Å²) >= 11 is 0. The van der Waals surface area contributed by atoms with E-state index in [1.807, 2.05) is 6.92 Å². The van der Waals surface area contributed by atoms with Crippen molar-refractivity contribution < 1.29 is 9.90 Å². The van der Waals surface area contributed by atoms with Gasteiger partial charge in [0.25, 0.3) is 11.5 Å². The second kappa shape index (κ2) is 7.29. The van der Waals surface area contributed by atoms with Crippen LogP contribution in [0.5, 0.6) is 5.88 Å². The molecule has 0 radical (unpaired) electrons. The normalized spacial score (nSPS) is 15.7. The van der Waals surface area contributed by atoms with Gasteiger partial charge in [0.05, 0.1) is 0 Å². The van der Waals surface area contributed by atoms with Crippen molar-refractivity contribution in [3.05, 3.63) is 26.4 Å². The summed E-state index contributed by atoms with van der Waals surface area (Å²) in [5.41, 5.74) is -1.91. The number of H-pyrrole nitrogens is 1. The Morgan fingerprint density at radius 1 is 1.32 bits per heavy atom. The molecule has 0 spiro atoms. The molecule has 2 rings (SSSR count). The molecule has 1 heterocycles. The molecule has 1 fully saturated rings. The Balaban J connectivity index is 2.26. The van der Waals surface area contributed by atoms with E-state index >= 15 is 0 Å². The maximum Gasteiger partial charge on any atom is 0.331 e. The third-order valence-corrected chi connectivity index (χ3v) is 4.07. The third kappa shape index (κ3) is 3.58. The van der Waals surface area contributed by atoms with E-state index in [0.29, 0.717) is 6.42 Å². The largest absolute Gasteiger partial charge is 0.494 e. The fourth-order valence-corrected chi connectivity index (χ4v) is 2.79. The standard InChI is InChI=1S/C15H23N3O4/c1-2-3-9-18-14(21)11(13(20)17-15(18)22)12(19)16-10-7-5-4-6-8-10/h10,21H,2-9H2,1H3,(H,16,19)(H,17,20,22). The van der Waals surface area contributed by atoms with Gasteiger partial charge in [-0.1, -0.05) is 32.6 Å². The summed E-state index contributed by atoms with van der Waals surface area (Å²) in [5, 5.41) is 12.9. The van der Waals surface area contributed by atoms with Crippen LogP contribution in [0.15, 0.2) is 9.59 Å². The summed E-state index contributed by atoms with van der Waals surface area (Å²) in [6.45, 7) is 2.21. The van der Waals surface area contributed by atoms with Crippen molar-refractivity contribution in [2.75, 3.05) is 0 Å². The maximum atomic E-state index is 12.3. The van der Waals surface area contributed by atoms with E-state index in [-0.39, 0.29) is 18.2 Å². The molecule has 0 atom stereocenters. The molecule has 0 bridgehead atoms. The van der Waals surface area contributed by atoms with Gasteiger partial charge in [-0.05, 0) is 19.3 Å². The molecule has 1 saturated carbocycles. The Bertz CT molecular complexity index is 641. The van der Waals surface area contributed by atoms with Crippen molar-refractivity contribution in [2.24, 2.45) is 0 Å². The van der Waals surface area contributed by atoms with Gasteiger partial charge in [-0.15, -0.1) is 0 Å². The average molecular weight is 309 g/mol. The zero-order valence-corrected chi connectivity index (χ0v) is 12.9. The highest BCUT2D eigenvalue weighted by Crippen LogP contribution is 2.18. The van der Waals surface area contributed by atoms with Crippen LogP contribution in [0.25, 0.3) is 0 Å². The van der Waals surface area contributed by atoms with Crippen LogP contribution >= 0.6 is 0 Å². The first-order chi connectivity index (χ1) is 10.5. The number of aromatic hydroxyl groups is 1. The Morgan fingerprint density at radius 2 is 2.00 bits per heavy atom. The number of carbonyl (C=O) groups excluding carboxylic acids is 1. The summed E-state index contributed by atoms with van der Waals surface area (Å²) in [6, 6.07) is 0.0241. The number of aromatic amines is 1. The van der Waals surface area contributed by atoms with Gasteiger partial charge in [0.2, 0.25) is 5.88 Å². The summed E-state index contributed by atoms with van der Waals surface area (Å²) in [7, 11) is 0. The Hall–Kier alpha value is -2.05. The van der Waals surface area contributed by atoms with Crippen LogP contribution in [-0.4, -0.2) is 26.6 Å². The van der Waals surface area contributed by atoms with Crippen molar-refractivity contribution in [2.45, 2.75) is 64.5 Å². The van der Waals surface area contributed by atoms with E-state index < -0.39 is 23.0 Å². The minimum absolute atomic E-state index is 0.0241. The molecule has 1 amide bonds. The van der Waals surface area contributed by atoms with Crippen molar-refractivity contribution >= 4 is 5.91 Å². The zero-order chi connectivity index (χ0) is 16.1. The number of carbonyl (C=O) groups is 1. The molecule has 7 nitrogen and oxygen atoms in total. The van der Waals surface area contributed by atoms with E-state index in [2.05, 4.69) is 10.3 Å². The number of aromatic nitrogens is 2. The smallest absolute Gasteiger partial charge is 0.331 e. The number of amides is 1. The first-order valence-electron chi connectivity index (χ1n) is 7.91. The average Bonchev–Trinajstić information content (AvgIpc) is 2.47. The highest BCUT2D eigenvalue weighted by Gasteiger charge is 2.23. The van der Waals surface area contributed by atoms with Gasteiger partial charge in [-0.25, -0.2) is 4.79 Å². The molecular formula is C15H23N3O4. The lowest BCUT2D eigenvalue weighted by atomic mass is 9.95. The number of rotatable bonds is 5. The van der Waals surface area contributed by atoms with Crippen LogP contribution in [0, 0.1) is 0 Å². The number of unbranched alkanes of at least 4 members (excludes halogenated alkanes) is 1. The van der Waals surface area contributed by atoms with Crippen molar-refractivity contribution in [3.63, 3.8) is 0 Å². The molecule has 1 aliphatic rings. The van der Waals surface area contributed by atoms with E-state index in [0.717, 1.165) is 43.1 Å². The minimum atomic E-state index is -0.844. The van der Waals surface area contributed by atoms with E-state index in [1.54, 1.807) is 0 Å². The summed E-state index contributed by atoms with van der Waals surface area (Å²) < 4.78 is 1.04. The molecule has 0 aliphatic heterocycles. The first-order valence-corrected chi connectivity index (χ1v) is 7.91. The number of hydrogen-bond acceptors (Lipinski definition) is 4. The lowest BCUT2D eigenvalue weighted by molar-refractivity contribution is 0.0921. The van der Waals surface area contributed by atoms with Gasteiger partial charge < -0.3 is 10.4 Å². The minimum Gasteiger partial charge on any atom is -0.494 e. The monoisotopic (exact) mass is 309 g/mol. The quantitative estimate of drug-likeness (QED) is 0.757. The van der Waals surface area contributed by atoms with E-state index in [1.165, 1.54) is 0 Å². The predicted molar refractivity (Wildman–Crippen MR) is 82.2 cm³/mol. The fourth-order valence-electron chi connectivity index (χ4n) is 2.79. The van der Waals surface area contributed by atoms with Gasteiger partial charge >= 0.3 is 5.69 Å². The molecule has 1 aromatic heterocycles. The van der Waals surface area contributed by atoms with Crippen LogP contribution in [-0.2, 0) is 6.54 Å². The molecule has 1 aliphatic carbocycles. The zero-order valence-electron chi connectivity index (χ0n) is 12.9. The Kier molecular flexibility index (Phi) is 5.41. The molecule has 0 unspecified atom stereocenters. The van der Waals surface area contributed by atoms with Crippen molar-refractivity contribution in [1.29, 1.82) is 0 Å². The van der Waals surface area contributed by atoms with Crippen LogP contribution in [0.3, 0.4) is 0 Å². The van der Waals surface area contributed by atoms with Gasteiger partial charge in [0.1, 0.15) is 0 Å². The highest BCUT2D eigenvalue weighted by atomic mass is 16.3. The highest BCUT2D eigenvalue weighted by molar-refractivity contribution is 5.96. The Morgan fingerprint density at radius 3 is 2.64 bits per heavy atom. The second-order valence-electron chi connectivity index (χ2n) is 5.77. The molecular weight excluding hydrogens is 286 g/mol. The molecule has 7 heteroatoms. The lowest BCUT2D eigenvalue weighted by Crippen LogP contribution is -2.41. The number of nitrogens with zero attached hydrogens (tertiary/aromatic N) is 1. The van der Waals surface area contributed by atoms with Gasteiger partial charge in [0, 0.05) is 12.6 Å². The van der Waals surface area contributed by atoms with Gasteiger partial charge in [-0.3, -0.25) is 19.1 Å². The summed E-state index contributed by atoms with van der Waals surface area (Å²) in [5.74, 6) is -1.16. The van der Waals surface area contributed by atoms with Gasteiger partial charge in [0.15, 0.2) is 5.56 Å². The first kappa shape index (κ1) is 16.3. The molecule has 22 heavy (non-hydrogen) atoms. The van der Waals surface area contributed by atoms with Gasteiger partial charge in [-0.2, -0.15) is 0 Å². The number of hydrogen-bond donors (Lipinski definition) is 3. The third-order valence-electron chi connectivity index (χ3n) is 4.07. The lowest BCUT2D eigenvalue weighted by Gasteiger charge is -2.22. The van der Waals surface area contributed by atoms with Crippen LogP contribution in [0.1, 0.15) is 62.2 Å². The topological polar surface area (TPSA) is 104 Å². The predicted octanol–water partition coefficient (Wildman–Crippen LogP) is 1.10. The van der Waals surface area contributed by atoms with Crippen molar-refractivity contribution in [3.8, 4) is 5.88 Å². The molecule has 0 saturated heterocycles. The van der Waals surface area contributed by atoms with Crippen LogP contribution in [0.2, 0.25) is 0 Å². The fraction of sp³-hybridized carbons (Fsp3) is 0.667. The van der Waals surface area contributed by atoms with Crippen molar-refractivity contribution in [1.82, 2.24) is 14.9 Å². The summed E-state index contributed by atoms with van der Waals surface area (Å²) in [6.07, 6.45) is 6.49. The van der Waals surface area contributed by atoms with Crippen LogP contribution in [0.4, 0.5) is 0 Å². The molecule has 1 aromatic rings. The molecule has 3 N–H and O–H groups in total.